The third-order valence-electron chi connectivity index (χ3n) is 5.38. The van der Waals surface area contributed by atoms with Gasteiger partial charge in [-0.1, -0.05) is 36.4 Å². The number of hydrogen-bond donors (Lipinski definition) is 1. The lowest BCUT2D eigenvalue weighted by atomic mass is 10.0. The number of rotatable bonds is 6. The summed E-state index contributed by atoms with van der Waals surface area (Å²) in [5.74, 6) is -0.318. The van der Waals surface area contributed by atoms with Gasteiger partial charge < -0.3 is 5.32 Å². The number of anilines is 1. The van der Waals surface area contributed by atoms with Crippen molar-refractivity contribution in [3.63, 3.8) is 0 Å². The Morgan fingerprint density at radius 3 is 2.39 bits per heavy atom. The van der Waals surface area contributed by atoms with Gasteiger partial charge in [-0.15, -0.1) is 0 Å². The number of benzene rings is 2. The average molecular weight is 401 g/mol. The van der Waals surface area contributed by atoms with Crippen molar-refractivity contribution >= 4 is 21.6 Å². The fraction of sp³-hybridized carbons (Fsp3) is 0.409. The number of aryl methyl sites for hydroxylation is 4. The van der Waals surface area contributed by atoms with Gasteiger partial charge in [-0.3, -0.25) is 9.10 Å². The van der Waals surface area contributed by atoms with Gasteiger partial charge in [0.25, 0.3) is 0 Å². The Morgan fingerprint density at radius 2 is 1.75 bits per heavy atom. The fourth-order valence-electron chi connectivity index (χ4n) is 3.92. The molecule has 3 rings (SSSR count). The van der Waals surface area contributed by atoms with Crippen molar-refractivity contribution in [1.82, 2.24) is 5.32 Å². The molecule has 0 bridgehead atoms. The van der Waals surface area contributed by atoms with Crippen LogP contribution in [0.4, 0.5) is 5.69 Å². The van der Waals surface area contributed by atoms with Gasteiger partial charge in [-0.05, 0) is 67.9 Å². The van der Waals surface area contributed by atoms with Gasteiger partial charge in [0.2, 0.25) is 15.9 Å². The Bertz CT molecular complexity index is 979. The van der Waals surface area contributed by atoms with Crippen molar-refractivity contribution in [3.8, 4) is 0 Å². The molecule has 2 aromatic carbocycles. The molecule has 150 valence electrons. The highest BCUT2D eigenvalue weighted by molar-refractivity contribution is 7.92. The van der Waals surface area contributed by atoms with Crippen LogP contribution in [-0.4, -0.2) is 27.1 Å². The molecule has 6 heteroatoms. The molecule has 0 aliphatic heterocycles. The zero-order chi connectivity index (χ0) is 20.5. The zero-order valence-electron chi connectivity index (χ0n) is 17.0. The van der Waals surface area contributed by atoms with Crippen LogP contribution in [0.1, 0.15) is 47.2 Å². The molecule has 0 radical (unpaired) electrons. The van der Waals surface area contributed by atoms with Gasteiger partial charge in [-0.25, -0.2) is 8.42 Å². The standard InChI is InChI=1S/C22H28N2O3S/c1-15-7-5-8-16(2)22(15)24(28(4,26)27)14-21(25)23-17(3)19-12-11-18-9-6-10-20(18)13-19/h5,7-8,11-13,17H,6,9-10,14H2,1-4H3,(H,23,25)/t17-/m0/s1. The zero-order valence-corrected chi connectivity index (χ0v) is 17.8. The maximum absolute atomic E-state index is 12.7. The largest absolute Gasteiger partial charge is 0.348 e. The Balaban J connectivity index is 1.77. The molecule has 5 nitrogen and oxygen atoms in total. The van der Waals surface area contributed by atoms with Crippen molar-refractivity contribution in [3.05, 3.63) is 64.2 Å². The second kappa shape index (κ2) is 7.95. The minimum Gasteiger partial charge on any atom is -0.348 e. The maximum atomic E-state index is 12.7. The molecular weight excluding hydrogens is 372 g/mol. The van der Waals surface area contributed by atoms with Crippen LogP contribution in [0.5, 0.6) is 0 Å². The van der Waals surface area contributed by atoms with Crippen LogP contribution in [0.25, 0.3) is 0 Å². The predicted molar refractivity (Wildman–Crippen MR) is 113 cm³/mol. The van der Waals surface area contributed by atoms with E-state index < -0.39 is 10.0 Å². The lowest BCUT2D eigenvalue weighted by Crippen LogP contribution is -2.41. The van der Waals surface area contributed by atoms with E-state index in [9.17, 15) is 13.2 Å². The van der Waals surface area contributed by atoms with Crippen molar-refractivity contribution in [2.24, 2.45) is 0 Å². The number of para-hydroxylation sites is 1. The highest BCUT2D eigenvalue weighted by Crippen LogP contribution is 2.27. The van der Waals surface area contributed by atoms with E-state index in [2.05, 4.69) is 23.5 Å². The summed E-state index contributed by atoms with van der Waals surface area (Å²) in [4.78, 5) is 12.7. The molecular formula is C22H28N2O3S. The van der Waals surface area contributed by atoms with E-state index in [1.54, 1.807) is 0 Å². The Kier molecular flexibility index (Phi) is 5.79. The van der Waals surface area contributed by atoms with Crippen LogP contribution in [0.15, 0.2) is 36.4 Å². The minimum atomic E-state index is -3.59. The summed E-state index contributed by atoms with van der Waals surface area (Å²) >= 11 is 0. The topological polar surface area (TPSA) is 66.5 Å². The first-order chi connectivity index (χ1) is 13.2. The molecule has 28 heavy (non-hydrogen) atoms. The Labute approximate surface area is 167 Å². The van der Waals surface area contributed by atoms with Crippen LogP contribution in [-0.2, 0) is 27.7 Å². The van der Waals surface area contributed by atoms with Crippen molar-refractivity contribution in [1.29, 1.82) is 0 Å². The van der Waals surface area contributed by atoms with E-state index in [4.69, 9.17) is 0 Å². The number of fused-ring (bicyclic) bond motifs is 1. The smallest absolute Gasteiger partial charge is 0.241 e. The van der Waals surface area contributed by atoms with Gasteiger partial charge in [-0.2, -0.15) is 0 Å². The van der Waals surface area contributed by atoms with Crippen molar-refractivity contribution < 1.29 is 13.2 Å². The molecule has 2 aromatic rings. The van der Waals surface area contributed by atoms with E-state index in [0.29, 0.717) is 5.69 Å². The molecule has 0 unspecified atom stereocenters. The molecule has 0 spiro atoms. The second-order valence-corrected chi connectivity index (χ2v) is 9.59. The van der Waals surface area contributed by atoms with Gasteiger partial charge >= 0.3 is 0 Å². The van der Waals surface area contributed by atoms with Crippen LogP contribution < -0.4 is 9.62 Å². The summed E-state index contributed by atoms with van der Waals surface area (Å²) in [6, 6.07) is 11.8. The number of carbonyl (C=O) groups excluding carboxylic acids is 1. The summed E-state index contributed by atoms with van der Waals surface area (Å²) in [5, 5.41) is 2.95. The number of hydrogen-bond acceptors (Lipinski definition) is 3. The first-order valence-corrected chi connectivity index (χ1v) is 11.5. The quantitative estimate of drug-likeness (QED) is 0.808. The molecule has 1 aliphatic rings. The first-order valence-electron chi connectivity index (χ1n) is 9.62. The van der Waals surface area contributed by atoms with Gasteiger partial charge in [0.15, 0.2) is 0 Å². The molecule has 0 fully saturated rings. The highest BCUT2D eigenvalue weighted by atomic mass is 32.2. The normalized spacial score (nSPS) is 14.4. The molecule has 1 amide bonds. The van der Waals surface area contributed by atoms with E-state index in [1.807, 2.05) is 39.0 Å². The maximum Gasteiger partial charge on any atom is 0.241 e. The third-order valence-corrected chi connectivity index (χ3v) is 6.49. The molecule has 1 aliphatic carbocycles. The van der Waals surface area contributed by atoms with E-state index in [0.717, 1.165) is 35.8 Å². The van der Waals surface area contributed by atoms with Gasteiger partial charge in [0.05, 0.1) is 18.0 Å². The molecule has 1 N–H and O–H groups in total. The van der Waals surface area contributed by atoms with Crippen LogP contribution in [0.3, 0.4) is 0 Å². The van der Waals surface area contributed by atoms with Gasteiger partial charge in [0.1, 0.15) is 6.54 Å². The molecule has 0 heterocycles. The summed E-state index contributed by atoms with van der Waals surface area (Å²) < 4.78 is 26.0. The molecule has 0 saturated heterocycles. The third kappa shape index (κ3) is 4.38. The lowest BCUT2D eigenvalue weighted by molar-refractivity contribution is -0.120. The number of amides is 1. The monoisotopic (exact) mass is 400 g/mol. The van der Waals surface area contributed by atoms with E-state index in [1.165, 1.54) is 21.9 Å². The Morgan fingerprint density at radius 1 is 1.11 bits per heavy atom. The van der Waals surface area contributed by atoms with Crippen LogP contribution in [0.2, 0.25) is 0 Å². The van der Waals surface area contributed by atoms with E-state index >= 15 is 0 Å². The molecule has 1 atom stereocenters. The Hall–Kier alpha value is -2.34. The average Bonchev–Trinajstić information content (AvgIpc) is 3.07. The number of carbonyl (C=O) groups is 1. The first kappa shape index (κ1) is 20.4. The van der Waals surface area contributed by atoms with Crippen LogP contribution in [0, 0.1) is 13.8 Å². The van der Waals surface area contributed by atoms with Crippen LogP contribution >= 0.6 is 0 Å². The fourth-order valence-corrected chi connectivity index (χ4v) is 4.89. The predicted octanol–water partition coefficient (Wildman–Crippen LogP) is 3.44. The number of nitrogens with one attached hydrogen (secondary N) is 1. The van der Waals surface area contributed by atoms with Crippen molar-refractivity contribution in [2.75, 3.05) is 17.1 Å². The molecule has 0 saturated carbocycles. The summed E-state index contributed by atoms with van der Waals surface area (Å²) in [6.45, 7) is 5.40. The summed E-state index contributed by atoms with van der Waals surface area (Å²) in [6.07, 6.45) is 4.52. The number of sulfonamides is 1. The molecule has 0 aromatic heterocycles. The SMILES string of the molecule is Cc1cccc(C)c1N(CC(=O)N[C@@H](C)c1ccc2c(c1)CCC2)S(C)(=O)=O. The summed E-state index contributed by atoms with van der Waals surface area (Å²) in [5.41, 5.74) is 6.01. The summed E-state index contributed by atoms with van der Waals surface area (Å²) in [7, 11) is -3.59. The lowest BCUT2D eigenvalue weighted by Gasteiger charge is -2.26. The minimum absolute atomic E-state index is 0.183. The van der Waals surface area contributed by atoms with Gasteiger partial charge in [0, 0.05) is 0 Å². The number of nitrogens with zero attached hydrogens (tertiary/aromatic N) is 1. The highest BCUT2D eigenvalue weighted by Gasteiger charge is 2.24. The van der Waals surface area contributed by atoms with Crippen molar-refractivity contribution in [2.45, 2.75) is 46.1 Å². The second-order valence-electron chi connectivity index (χ2n) is 7.68. The van der Waals surface area contributed by atoms with E-state index in [-0.39, 0.29) is 18.5 Å².